The van der Waals surface area contributed by atoms with Gasteiger partial charge in [-0.15, -0.1) is 0 Å². The molecule has 0 aliphatic rings. The van der Waals surface area contributed by atoms with Gasteiger partial charge in [-0.25, -0.2) is 4.79 Å². The van der Waals surface area contributed by atoms with E-state index in [1.807, 2.05) is 0 Å². The molecule has 0 bridgehead atoms. The predicted octanol–water partition coefficient (Wildman–Crippen LogP) is 4.93. The van der Waals surface area contributed by atoms with Crippen LogP contribution in [-0.4, -0.2) is 22.1 Å². The van der Waals surface area contributed by atoms with Crippen molar-refractivity contribution in [2.75, 3.05) is 6.61 Å². The molecule has 0 N–H and O–H groups in total. The Morgan fingerprint density at radius 3 is 2.65 bits per heavy atom. The summed E-state index contributed by atoms with van der Waals surface area (Å²) in [5, 5.41) is 0.782. The van der Waals surface area contributed by atoms with Crippen molar-refractivity contribution < 1.29 is 22.7 Å². The third-order valence-corrected chi connectivity index (χ3v) is 4.03. The SMILES string of the molecule is CCOC(=O)c1cc(C(F)(F)F)cc2ccn(Cc3ccc(Cl)cn3)c12. The maximum Gasteiger partial charge on any atom is 0.416 e. The number of hydrogen-bond donors (Lipinski definition) is 0. The number of pyridine rings is 1. The number of rotatable bonds is 4. The quantitative estimate of drug-likeness (QED) is 0.601. The molecule has 0 fully saturated rings. The number of carbonyl (C=O) groups is 1. The number of hydrogen-bond acceptors (Lipinski definition) is 3. The van der Waals surface area contributed by atoms with Crippen LogP contribution in [0.25, 0.3) is 10.9 Å². The summed E-state index contributed by atoms with van der Waals surface area (Å²) >= 11 is 5.81. The third kappa shape index (κ3) is 3.67. The molecule has 0 aliphatic carbocycles. The number of alkyl halides is 3. The van der Waals surface area contributed by atoms with E-state index in [9.17, 15) is 18.0 Å². The standard InChI is InChI=1S/C18H14ClF3N2O2/c1-2-26-17(25)15-8-12(18(20,21)22)7-11-5-6-24(16(11)15)10-14-4-3-13(19)9-23-14/h3-9H,2,10H2,1H3. The Bertz CT molecular complexity index is 949. The molecule has 0 unspecified atom stereocenters. The lowest BCUT2D eigenvalue weighted by atomic mass is 10.1. The van der Waals surface area contributed by atoms with E-state index in [0.717, 1.165) is 12.1 Å². The normalized spacial score (nSPS) is 11.7. The van der Waals surface area contributed by atoms with Gasteiger partial charge in [0.15, 0.2) is 0 Å². The zero-order valence-corrected chi connectivity index (χ0v) is 14.4. The molecule has 0 saturated carbocycles. The smallest absolute Gasteiger partial charge is 0.416 e. The van der Waals surface area contributed by atoms with Gasteiger partial charge < -0.3 is 9.30 Å². The average Bonchev–Trinajstić information content (AvgIpc) is 2.98. The largest absolute Gasteiger partial charge is 0.462 e. The average molecular weight is 383 g/mol. The van der Waals surface area contributed by atoms with E-state index >= 15 is 0 Å². The lowest BCUT2D eigenvalue weighted by Gasteiger charge is -2.13. The summed E-state index contributed by atoms with van der Waals surface area (Å²) in [6.45, 7) is 1.94. The second kappa shape index (κ2) is 6.99. The molecule has 3 rings (SSSR count). The minimum absolute atomic E-state index is 0.0655. The number of halogens is 4. The second-order valence-corrected chi connectivity index (χ2v) is 6.03. The molecule has 0 saturated heterocycles. The summed E-state index contributed by atoms with van der Waals surface area (Å²) in [5.74, 6) is -0.799. The molecule has 2 aromatic heterocycles. The van der Waals surface area contributed by atoms with Crippen molar-refractivity contribution in [3.05, 3.63) is 64.6 Å². The highest BCUT2D eigenvalue weighted by Crippen LogP contribution is 2.34. The molecule has 26 heavy (non-hydrogen) atoms. The van der Waals surface area contributed by atoms with Gasteiger partial charge in [0.25, 0.3) is 0 Å². The van der Waals surface area contributed by atoms with E-state index in [4.69, 9.17) is 16.3 Å². The lowest BCUT2D eigenvalue weighted by Crippen LogP contribution is -2.12. The van der Waals surface area contributed by atoms with Crippen molar-refractivity contribution in [3.63, 3.8) is 0 Å². The van der Waals surface area contributed by atoms with E-state index in [1.54, 1.807) is 29.8 Å². The Kier molecular flexibility index (Phi) is 4.91. The summed E-state index contributed by atoms with van der Waals surface area (Å²) in [5.41, 5.74) is 0.000802. The number of ether oxygens (including phenoxy) is 1. The molecule has 0 radical (unpaired) electrons. The second-order valence-electron chi connectivity index (χ2n) is 5.59. The fraction of sp³-hybridized carbons (Fsp3) is 0.222. The van der Waals surface area contributed by atoms with Crippen LogP contribution in [-0.2, 0) is 17.5 Å². The fourth-order valence-electron chi connectivity index (χ4n) is 2.68. The molecule has 2 heterocycles. The van der Waals surface area contributed by atoms with Gasteiger partial charge in [0, 0.05) is 17.8 Å². The van der Waals surface area contributed by atoms with E-state index in [2.05, 4.69) is 4.98 Å². The molecular weight excluding hydrogens is 369 g/mol. The van der Waals surface area contributed by atoms with E-state index < -0.39 is 17.7 Å². The van der Waals surface area contributed by atoms with Crippen molar-refractivity contribution in [2.45, 2.75) is 19.6 Å². The number of nitrogens with zero attached hydrogens (tertiary/aromatic N) is 2. The molecule has 3 aromatic rings. The molecule has 4 nitrogen and oxygen atoms in total. The number of carbonyl (C=O) groups excluding carboxylic acids is 1. The van der Waals surface area contributed by atoms with Crippen LogP contribution >= 0.6 is 11.6 Å². The van der Waals surface area contributed by atoms with E-state index in [0.29, 0.717) is 21.6 Å². The van der Waals surface area contributed by atoms with Crippen LogP contribution in [0.4, 0.5) is 13.2 Å². The Hall–Kier alpha value is -2.54. The number of fused-ring (bicyclic) bond motifs is 1. The predicted molar refractivity (Wildman–Crippen MR) is 91.2 cm³/mol. The van der Waals surface area contributed by atoms with Gasteiger partial charge in [-0.3, -0.25) is 4.98 Å². The maximum absolute atomic E-state index is 13.2. The first-order valence-electron chi connectivity index (χ1n) is 7.77. The number of esters is 1. The van der Waals surface area contributed by atoms with Crippen LogP contribution in [0.15, 0.2) is 42.7 Å². The van der Waals surface area contributed by atoms with Crippen LogP contribution in [0.1, 0.15) is 28.5 Å². The van der Waals surface area contributed by atoms with E-state index in [-0.39, 0.29) is 18.7 Å². The van der Waals surface area contributed by atoms with Gasteiger partial charge in [-0.05, 0) is 37.3 Å². The Morgan fingerprint density at radius 1 is 1.27 bits per heavy atom. The van der Waals surface area contributed by atoms with Crippen LogP contribution < -0.4 is 0 Å². The minimum atomic E-state index is -4.56. The summed E-state index contributed by atoms with van der Waals surface area (Å²) in [6.07, 6.45) is -1.46. The molecule has 8 heteroatoms. The monoisotopic (exact) mass is 382 g/mol. The Morgan fingerprint density at radius 2 is 2.04 bits per heavy atom. The molecule has 0 amide bonds. The maximum atomic E-state index is 13.2. The molecule has 1 aromatic carbocycles. The van der Waals surface area contributed by atoms with Crippen LogP contribution in [0.5, 0.6) is 0 Å². The molecular formula is C18H14ClF3N2O2. The summed E-state index contributed by atoms with van der Waals surface area (Å²) < 4.78 is 46.1. The Labute approximate surface area is 152 Å². The topological polar surface area (TPSA) is 44.1 Å². The first kappa shape index (κ1) is 18.3. The summed E-state index contributed by atoms with van der Waals surface area (Å²) in [7, 11) is 0. The van der Waals surface area contributed by atoms with Gasteiger partial charge in [-0.2, -0.15) is 13.2 Å². The highest BCUT2D eigenvalue weighted by atomic mass is 35.5. The van der Waals surface area contributed by atoms with Gasteiger partial charge in [0.2, 0.25) is 0 Å². The lowest BCUT2D eigenvalue weighted by molar-refractivity contribution is -0.137. The first-order chi connectivity index (χ1) is 12.3. The molecule has 0 aliphatic heterocycles. The van der Waals surface area contributed by atoms with Crippen molar-refractivity contribution in [1.82, 2.24) is 9.55 Å². The van der Waals surface area contributed by atoms with Crippen LogP contribution in [0.2, 0.25) is 5.02 Å². The first-order valence-corrected chi connectivity index (χ1v) is 8.15. The highest BCUT2D eigenvalue weighted by molar-refractivity contribution is 6.30. The Balaban J connectivity index is 2.13. The van der Waals surface area contributed by atoms with Gasteiger partial charge in [0.05, 0.1) is 40.5 Å². The van der Waals surface area contributed by atoms with Gasteiger partial charge in [-0.1, -0.05) is 11.6 Å². The van der Waals surface area contributed by atoms with Gasteiger partial charge in [0.1, 0.15) is 0 Å². The van der Waals surface area contributed by atoms with Crippen molar-refractivity contribution in [2.24, 2.45) is 0 Å². The number of aromatic nitrogens is 2. The van der Waals surface area contributed by atoms with Crippen molar-refractivity contribution >= 4 is 28.5 Å². The molecule has 136 valence electrons. The fourth-order valence-corrected chi connectivity index (χ4v) is 2.80. The number of benzene rings is 1. The van der Waals surface area contributed by atoms with Crippen LogP contribution in [0, 0.1) is 0 Å². The minimum Gasteiger partial charge on any atom is -0.462 e. The van der Waals surface area contributed by atoms with Crippen LogP contribution in [0.3, 0.4) is 0 Å². The molecule has 0 spiro atoms. The van der Waals surface area contributed by atoms with Crippen molar-refractivity contribution in [3.8, 4) is 0 Å². The van der Waals surface area contributed by atoms with Crippen molar-refractivity contribution in [1.29, 1.82) is 0 Å². The van der Waals surface area contributed by atoms with E-state index in [1.165, 1.54) is 12.3 Å². The zero-order valence-electron chi connectivity index (χ0n) is 13.7. The van der Waals surface area contributed by atoms with Gasteiger partial charge >= 0.3 is 12.1 Å². The summed E-state index contributed by atoms with van der Waals surface area (Å²) in [6, 6.07) is 6.76. The summed E-state index contributed by atoms with van der Waals surface area (Å²) in [4.78, 5) is 16.4. The molecule has 0 atom stereocenters. The third-order valence-electron chi connectivity index (χ3n) is 3.80. The highest BCUT2D eigenvalue weighted by Gasteiger charge is 2.33. The zero-order chi connectivity index (χ0) is 18.9.